The highest BCUT2D eigenvalue weighted by Crippen LogP contribution is 2.32. The van der Waals surface area contributed by atoms with Crippen LogP contribution in [0, 0.1) is 0 Å². The van der Waals surface area contributed by atoms with Gasteiger partial charge >= 0.3 is 0 Å². The lowest BCUT2D eigenvalue weighted by Crippen LogP contribution is -2.38. The summed E-state index contributed by atoms with van der Waals surface area (Å²) >= 11 is 1.91. The Morgan fingerprint density at radius 2 is 2.05 bits per heavy atom. The maximum absolute atomic E-state index is 11.6. The second-order valence-corrected chi connectivity index (χ2v) is 6.80. The van der Waals surface area contributed by atoms with Crippen LogP contribution >= 0.6 is 11.3 Å². The number of hydrogen-bond donors (Lipinski definition) is 2. The molecule has 0 radical (unpaired) electrons. The lowest BCUT2D eigenvalue weighted by atomic mass is 9.99. The Morgan fingerprint density at radius 1 is 1.32 bits per heavy atom. The molecule has 4 heteroatoms. The Morgan fingerprint density at radius 3 is 2.74 bits per heavy atom. The molecule has 0 fully saturated rings. The Labute approximate surface area is 119 Å². The molecule has 1 heterocycles. The van der Waals surface area contributed by atoms with E-state index in [4.69, 9.17) is 0 Å². The monoisotopic (exact) mass is 280 g/mol. The Balaban J connectivity index is 1.87. The van der Waals surface area contributed by atoms with Crippen LogP contribution in [0.15, 0.2) is 6.07 Å². The third kappa shape index (κ3) is 4.05. The van der Waals surface area contributed by atoms with E-state index in [1.165, 1.54) is 36.1 Å². The van der Waals surface area contributed by atoms with Crippen LogP contribution in [0.3, 0.4) is 0 Å². The average molecular weight is 280 g/mol. The summed E-state index contributed by atoms with van der Waals surface area (Å²) < 4.78 is 0. The Hall–Kier alpha value is -0.870. The van der Waals surface area contributed by atoms with Crippen molar-refractivity contribution >= 4 is 17.2 Å². The Kier molecular flexibility index (Phi) is 4.99. The number of amides is 1. The quantitative estimate of drug-likeness (QED) is 0.871. The molecule has 0 aromatic carbocycles. The second-order valence-electron chi connectivity index (χ2n) is 5.63. The molecule has 1 aliphatic rings. The van der Waals surface area contributed by atoms with E-state index < -0.39 is 0 Å². The minimum absolute atomic E-state index is 0.0724. The summed E-state index contributed by atoms with van der Waals surface area (Å²) in [4.78, 5) is 14.5. The molecule has 0 aliphatic heterocycles. The van der Waals surface area contributed by atoms with Crippen LogP contribution in [0.25, 0.3) is 0 Å². The van der Waals surface area contributed by atoms with Crippen LogP contribution in [0.5, 0.6) is 0 Å². The van der Waals surface area contributed by atoms with Gasteiger partial charge in [0, 0.05) is 21.8 Å². The molecule has 106 valence electrons. The average Bonchev–Trinajstić information content (AvgIpc) is 2.78. The Bertz CT molecular complexity index is 416. The SMILES string of the molecule is CC(C)NC(=O)CNC(C)c1cc2c(s1)CCCC2. The zero-order valence-electron chi connectivity index (χ0n) is 12.1. The molecule has 0 saturated carbocycles. The lowest BCUT2D eigenvalue weighted by Gasteiger charge is -2.13. The van der Waals surface area contributed by atoms with Crippen molar-refractivity contribution < 1.29 is 4.79 Å². The van der Waals surface area contributed by atoms with Crippen LogP contribution in [0.1, 0.15) is 55.0 Å². The number of nitrogens with one attached hydrogen (secondary N) is 2. The highest BCUT2D eigenvalue weighted by molar-refractivity contribution is 7.12. The first-order valence-electron chi connectivity index (χ1n) is 7.20. The van der Waals surface area contributed by atoms with Crippen molar-refractivity contribution in [3.63, 3.8) is 0 Å². The number of rotatable bonds is 5. The zero-order valence-corrected chi connectivity index (χ0v) is 12.9. The normalized spacial score (nSPS) is 16.2. The predicted molar refractivity (Wildman–Crippen MR) is 80.7 cm³/mol. The number of carbonyl (C=O) groups is 1. The largest absolute Gasteiger partial charge is 0.353 e. The van der Waals surface area contributed by atoms with E-state index >= 15 is 0 Å². The topological polar surface area (TPSA) is 41.1 Å². The van der Waals surface area contributed by atoms with Gasteiger partial charge < -0.3 is 10.6 Å². The van der Waals surface area contributed by atoms with Gasteiger partial charge in [-0.1, -0.05) is 0 Å². The number of fused-ring (bicyclic) bond motifs is 1. The van der Waals surface area contributed by atoms with Crippen LogP contribution in [0.4, 0.5) is 0 Å². The fourth-order valence-electron chi connectivity index (χ4n) is 2.45. The van der Waals surface area contributed by atoms with Crippen LogP contribution < -0.4 is 10.6 Å². The number of aryl methyl sites for hydroxylation is 2. The summed E-state index contributed by atoms with van der Waals surface area (Å²) in [6.45, 7) is 6.49. The van der Waals surface area contributed by atoms with Gasteiger partial charge in [-0.2, -0.15) is 0 Å². The van der Waals surface area contributed by atoms with E-state index in [0.717, 1.165) is 0 Å². The van der Waals surface area contributed by atoms with Crippen LogP contribution in [0.2, 0.25) is 0 Å². The van der Waals surface area contributed by atoms with Crippen molar-refractivity contribution in [2.75, 3.05) is 6.54 Å². The summed E-state index contributed by atoms with van der Waals surface area (Å²) in [5, 5.41) is 6.21. The molecule has 1 aliphatic carbocycles. The molecule has 0 bridgehead atoms. The van der Waals surface area contributed by atoms with Gasteiger partial charge in [0.15, 0.2) is 0 Å². The van der Waals surface area contributed by atoms with Gasteiger partial charge in [-0.25, -0.2) is 0 Å². The van der Waals surface area contributed by atoms with Crippen molar-refractivity contribution in [2.24, 2.45) is 0 Å². The molecular formula is C15H24N2OS. The smallest absolute Gasteiger partial charge is 0.234 e. The second kappa shape index (κ2) is 6.53. The maximum Gasteiger partial charge on any atom is 0.234 e. The first-order chi connectivity index (χ1) is 9.06. The fraction of sp³-hybridized carbons (Fsp3) is 0.667. The standard InChI is InChI=1S/C15H24N2OS/c1-10(2)17-15(18)9-16-11(3)14-8-12-6-4-5-7-13(12)19-14/h8,10-11,16H,4-7,9H2,1-3H3,(H,17,18). The van der Waals surface area contributed by atoms with Gasteiger partial charge in [0.1, 0.15) is 0 Å². The van der Waals surface area contributed by atoms with Crippen molar-refractivity contribution in [3.05, 3.63) is 21.4 Å². The lowest BCUT2D eigenvalue weighted by molar-refractivity contribution is -0.120. The molecule has 1 aromatic heterocycles. The van der Waals surface area contributed by atoms with Gasteiger partial charge in [0.25, 0.3) is 0 Å². The minimum atomic E-state index is 0.0724. The van der Waals surface area contributed by atoms with Gasteiger partial charge in [0.05, 0.1) is 6.54 Å². The van der Waals surface area contributed by atoms with E-state index in [0.29, 0.717) is 6.54 Å². The van der Waals surface area contributed by atoms with Crippen molar-refractivity contribution in [2.45, 2.75) is 58.5 Å². The third-order valence-electron chi connectivity index (χ3n) is 3.46. The molecule has 0 saturated heterocycles. The van der Waals surface area contributed by atoms with E-state index in [-0.39, 0.29) is 18.0 Å². The van der Waals surface area contributed by atoms with Gasteiger partial charge in [-0.05, 0) is 58.1 Å². The molecule has 2 rings (SSSR count). The van der Waals surface area contributed by atoms with E-state index in [1.54, 1.807) is 4.88 Å². The highest BCUT2D eigenvalue weighted by Gasteiger charge is 2.16. The molecule has 3 nitrogen and oxygen atoms in total. The molecule has 1 atom stereocenters. The maximum atomic E-state index is 11.6. The van der Waals surface area contributed by atoms with Gasteiger partial charge in [0.2, 0.25) is 5.91 Å². The van der Waals surface area contributed by atoms with E-state index in [2.05, 4.69) is 23.6 Å². The molecule has 1 unspecified atom stereocenters. The zero-order chi connectivity index (χ0) is 13.8. The fourth-order valence-corrected chi connectivity index (χ4v) is 3.73. The van der Waals surface area contributed by atoms with Crippen LogP contribution in [-0.2, 0) is 17.6 Å². The number of carbonyl (C=O) groups excluding carboxylic acids is 1. The third-order valence-corrected chi connectivity index (χ3v) is 4.88. The first kappa shape index (κ1) is 14.5. The van der Waals surface area contributed by atoms with E-state index in [1.807, 2.05) is 25.2 Å². The van der Waals surface area contributed by atoms with E-state index in [9.17, 15) is 4.79 Å². The molecular weight excluding hydrogens is 256 g/mol. The first-order valence-corrected chi connectivity index (χ1v) is 8.02. The number of thiophene rings is 1. The molecule has 0 spiro atoms. The molecule has 2 N–H and O–H groups in total. The summed E-state index contributed by atoms with van der Waals surface area (Å²) in [5.41, 5.74) is 1.53. The minimum Gasteiger partial charge on any atom is -0.353 e. The van der Waals surface area contributed by atoms with Crippen molar-refractivity contribution in [1.82, 2.24) is 10.6 Å². The summed E-state index contributed by atoms with van der Waals surface area (Å²) in [6.07, 6.45) is 5.11. The highest BCUT2D eigenvalue weighted by atomic mass is 32.1. The van der Waals surface area contributed by atoms with Gasteiger partial charge in [-0.15, -0.1) is 11.3 Å². The molecule has 19 heavy (non-hydrogen) atoms. The van der Waals surface area contributed by atoms with Crippen molar-refractivity contribution in [3.8, 4) is 0 Å². The molecule has 1 aromatic rings. The number of hydrogen-bond acceptors (Lipinski definition) is 3. The summed E-state index contributed by atoms with van der Waals surface area (Å²) in [7, 11) is 0. The predicted octanol–water partition coefficient (Wildman–Crippen LogP) is 2.80. The van der Waals surface area contributed by atoms with Crippen molar-refractivity contribution in [1.29, 1.82) is 0 Å². The van der Waals surface area contributed by atoms with Crippen LogP contribution in [-0.4, -0.2) is 18.5 Å². The molecule has 1 amide bonds. The summed E-state index contributed by atoms with van der Waals surface area (Å²) in [6, 6.07) is 2.80. The van der Waals surface area contributed by atoms with Gasteiger partial charge in [-0.3, -0.25) is 4.79 Å². The summed E-state index contributed by atoms with van der Waals surface area (Å²) in [5.74, 6) is 0.0724.